The molecule has 0 aliphatic carbocycles. The third-order valence-electron chi connectivity index (χ3n) is 3.73. The van der Waals surface area contributed by atoms with Gasteiger partial charge in [0.05, 0.1) is 0 Å². The van der Waals surface area contributed by atoms with Crippen LogP contribution in [0.25, 0.3) is 0 Å². The van der Waals surface area contributed by atoms with Crippen LogP contribution >= 0.6 is 0 Å². The van der Waals surface area contributed by atoms with Gasteiger partial charge in [-0.25, -0.2) is 0 Å². The summed E-state index contributed by atoms with van der Waals surface area (Å²) in [6, 6.07) is 7.31. The highest BCUT2D eigenvalue weighted by Gasteiger charge is 2.13. The van der Waals surface area contributed by atoms with Crippen molar-refractivity contribution < 1.29 is 0 Å². The minimum absolute atomic E-state index is 0.608. The molecule has 0 spiro atoms. The van der Waals surface area contributed by atoms with Crippen LogP contribution in [-0.4, -0.2) is 13.1 Å². The van der Waals surface area contributed by atoms with Gasteiger partial charge >= 0.3 is 0 Å². The van der Waals surface area contributed by atoms with Crippen molar-refractivity contribution in [3.05, 3.63) is 29.3 Å². The van der Waals surface area contributed by atoms with Gasteiger partial charge in [-0.2, -0.15) is 0 Å². The highest BCUT2D eigenvalue weighted by Crippen LogP contribution is 2.27. The van der Waals surface area contributed by atoms with E-state index in [0.29, 0.717) is 6.04 Å². The van der Waals surface area contributed by atoms with Gasteiger partial charge in [-0.1, -0.05) is 38.5 Å². The van der Waals surface area contributed by atoms with E-state index in [1.807, 2.05) is 0 Å². The van der Waals surface area contributed by atoms with E-state index in [1.54, 1.807) is 0 Å². The van der Waals surface area contributed by atoms with E-state index < -0.39 is 0 Å². The van der Waals surface area contributed by atoms with Gasteiger partial charge in [-0.05, 0) is 44.2 Å². The Labute approximate surface area is 107 Å². The standard InChI is InChI=1S/C16H27N/c1-6-8-11-15-12-9-10-13(3)16(15)17(5)14(4)7-2/h9-10,12,14H,6-8,11H2,1-5H3. The fourth-order valence-corrected chi connectivity index (χ4v) is 2.29. The first-order valence-electron chi connectivity index (χ1n) is 6.93. The number of hydrogen-bond donors (Lipinski definition) is 0. The van der Waals surface area contributed by atoms with Crippen molar-refractivity contribution in [3.8, 4) is 0 Å². The molecule has 0 aromatic heterocycles. The molecule has 1 aromatic rings. The maximum atomic E-state index is 2.44. The van der Waals surface area contributed by atoms with E-state index >= 15 is 0 Å². The topological polar surface area (TPSA) is 3.24 Å². The van der Waals surface area contributed by atoms with E-state index in [9.17, 15) is 0 Å². The van der Waals surface area contributed by atoms with E-state index in [0.717, 1.165) is 0 Å². The molecule has 1 nitrogen and oxygen atoms in total. The number of unbranched alkanes of at least 4 members (excludes halogenated alkanes) is 1. The first kappa shape index (κ1) is 14.1. The monoisotopic (exact) mass is 233 g/mol. The van der Waals surface area contributed by atoms with Crippen LogP contribution in [0.3, 0.4) is 0 Å². The number of hydrogen-bond acceptors (Lipinski definition) is 1. The zero-order chi connectivity index (χ0) is 12.8. The normalized spacial score (nSPS) is 12.5. The zero-order valence-corrected chi connectivity index (χ0v) is 12.1. The number of aryl methyl sites for hydroxylation is 2. The Morgan fingerprint density at radius 2 is 1.94 bits per heavy atom. The van der Waals surface area contributed by atoms with Gasteiger partial charge in [0, 0.05) is 18.8 Å². The van der Waals surface area contributed by atoms with Crippen LogP contribution in [-0.2, 0) is 6.42 Å². The molecular formula is C16H27N. The molecule has 1 aromatic carbocycles. The highest BCUT2D eigenvalue weighted by molar-refractivity contribution is 5.59. The molecule has 0 aliphatic heterocycles. The van der Waals surface area contributed by atoms with E-state index in [-0.39, 0.29) is 0 Å². The smallest absolute Gasteiger partial charge is 0.0428 e. The van der Waals surface area contributed by atoms with Crippen LogP contribution in [0.4, 0.5) is 5.69 Å². The number of para-hydroxylation sites is 1. The lowest BCUT2D eigenvalue weighted by Gasteiger charge is -2.30. The summed E-state index contributed by atoms with van der Waals surface area (Å²) in [5, 5.41) is 0. The molecule has 0 heterocycles. The molecule has 0 aliphatic rings. The zero-order valence-electron chi connectivity index (χ0n) is 12.1. The van der Waals surface area contributed by atoms with Gasteiger partial charge in [-0.3, -0.25) is 0 Å². The fourth-order valence-electron chi connectivity index (χ4n) is 2.29. The summed E-state index contributed by atoms with van der Waals surface area (Å²) in [5.74, 6) is 0. The van der Waals surface area contributed by atoms with Crippen molar-refractivity contribution in [2.24, 2.45) is 0 Å². The molecule has 0 radical (unpaired) electrons. The Hall–Kier alpha value is -0.980. The van der Waals surface area contributed by atoms with E-state index in [1.165, 1.54) is 42.5 Å². The Bertz CT molecular complexity index is 343. The molecule has 1 heteroatoms. The van der Waals surface area contributed by atoms with Gasteiger partial charge in [0.1, 0.15) is 0 Å². The van der Waals surface area contributed by atoms with Crippen LogP contribution in [0.2, 0.25) is 0 Å². The fraction of sp³-hybridized carbons (Fsp3) is 0.625. The lowest BCUT2D eigenvalue weighted by molar-refractivity contribution is 0.657. The first-order chi connectivity index (χ1) is 8.11. The van der Waals surface area contributed by atoms with Gasteiger partial charge in [0.15, 0.2) is 0 Å². The second kappa shape index (κ2) is 6.68. The molecule has 1 rings (SSSR count). The largest absolute Gasteiger partial charge is 0.371 e. The maximum absolute atomic E-state index is 2.44. The summed E-state index contributed by atoms with van der Waals surface area (Å²) in [6.07, 6.45) is 4.94. The van der Waals surface area contributed by atoms with Crippen molar-refractivity contribution in [2.45, 2.75) is 59.4 Å². The molecular weight excluding hydrogens is 206 g/mol. The predicted molar refractivity (Wildman–Crippen MR) is 77.9 cm³/mol. The number of benzene rings is 1. The molecule has 0 fully saturated rings. The molecule has 0 N–H and O–H groups in total. The summed E-state index contributed by atoms with van der Waals surface area (Å²) < 4.78 is 0. The average Bonchev–Trinajstić information content (AvgIpc) is 2.34. The highest BCUT2D eigenvalue weighted by atomic mass is 15.1. The molecule has 0 saturated carbocycles. The maximum Gasteiger partial charge on any atom is 0.0428 e. The quantitative estimate of drug-likeness (QED) is 0.695. The molecule has 0 bridgehead atoms. The van der Waals surface area contributed by atoms with Crippen LogP contribution in [0.1, 0.15) is 51.2 Å². The van der Waals surface area contributed by atoms with Gasteiger partial charge in [0.25, 0.3) is 0 Å². The van der Waals surface area contributed by atoms with Gasteiger partial charge in [-0.15, -0.1) is 0 Å². The number of anilines is 1. The van der Waals surface area contributed by atoms with Crippen molar-refractivity contribution in [1.82, 2.24) is 0 Å². The molecule has 96 valence electrons. The Morgan fingerprint density at radius 3 is 2.53 bits per heavy atom. The third-order valence-corrected chi connectivity index (χ3v) is 3.73. The predicted octanol–water partition coefficient (Wildman–Crippen LogP) is 4.57. The van der Waals surface area contributed by atoms with Crippen LogP contribution in [0, 0.1) is 6.92 Å². The molecule has 0 saturated heterocycles. The van der Waals surface area contributed by atoms with Crippen molar-refractivity contribution in [1.29, 1.82) is 0 Å². The van der Waals surface area contributed by atoms with Crippen molar-refractivity contribution in [3.63, 3.8) is 0 Å². The van der Waals surface area contributed by atoms with Crippen molar-refractivity contribution in [2.75, 3.05) is 11.9 Å². The van der Waals surface area contributed by atoms with Crippen LogP contribution < -0.4 is 4.90 Å². The Balaban J connectivity index is 3.02. The molecule has 1 unspecified atom stereocenters. The second-order valence-corrected chi connectivity index (χ2v) is 5.05. The van der Waals surface area contributed by atoms with Gasteiger partial charge in [0.2, 0.25) is 0 Å². The summed E-state index contributed by atoms with van der Waals surface area (Å²) >= 11 is 0. The number of rotatable bonds is 6. The second-order valence-electron chi connectivity index (χ2n) is 5.05. The summed E-state index contributed by atoms with van der Waals surface area (Å²) in [7, 11) is 2.23. The number of nitrogens with zero attached hydrogens (tertiary/aromatic N) is 1. The van der Waals surface area contributed by atoms with E-state index in [4.69, 9.17) is 0 Å². The molecule has 17 heavy (non-hydrogen) atoms. The average molecular weight is 233 g/mol. The summed E-state index contributed by atoms with van der Waals surface area (Å²) in [6.45, 7) is 9.04. The minimum Gasteiger partial charge on any atom is -0.371 e. The molecule has 1 atom stereocenters. The van der Waals surface area contributed by atoms with Crippen LogP contribution in [0.15, 0.2) is 18.2 Å². The Kier molecular flexibility index (Phi) is 5.54. The minimum atomic E-state index is 0.608. The Morgan fingerprint density at radius 1 is 1.24 bits per heavy atom. The lowest BCUT2D eigenvalue weighted by Crippen LogP contribution is -2.29. The van der Waals surface area contributed by atoms with E-state index in [2.05, 4.69) is 57.8 Å². The van der Waals surface area contributed by atoms with Crippen molar-refractivity contribution >= 4 is 5.69 Å². The third kappa shape index (κ3) is 3.49. The molecule has 0 amide bonds. The summed E-state index contributed by atoms with van der Waals surface area (Å²) in [5.41, 5.74) is 4.37. The summed E-state index contributed by atoms with van der Waals surface area (Å²) in [4.78, 5) is 2.44. The van der Waals surface area contributed by atoms with Crippen LogP contribution in [0.5, 0.6) is 0 Å². The lowest BCUT2D eigenvalue weighted by atomic mass is 10.0. The SMILES string of the molecule is CCCCc1cccc(C)c1N(C)C(C)CC. The first-order valence-corrected chi connectivity index (χ1v) is 6.93. The van der Waals surface area contributed by atoms with Gasteiger partial charge < -0.3 is 4.90 Å².